The first-order chi connectivity index (χ1) is 13.4. The highest BCUT2D eigenvalue weighted by atomic mass is 16.6. The molecule has 1 aromatic rings. The number of rotatable bonds is 8. The average molecular weight is 410 g/mol. The lowest BCUT2D eigenvalue weighted by molar-refractivity contribution is -0.384. The Bertz CT molecular complexity index is 786. The van der Waals surface area contributed by atoms with Crippen LogP contribution in [-0.4, -0.2) is 59.1 Å². The lowest BCUT2D eigenvalue weighted by atomic mass is 10.2. The maximum absolute atomic E-state index is 12.3. The van der Waals surface area contributed by atoms with Crippen molar-refractivity contribution in [2.24, 2.45) is 0 Å². The van der Waals surface area contributed by atoms with Gasteiger partial charge in [-0.2, -0.15) is 0 Å². The SMILES string of the molecule is CC(C)(C)OC(=O)NCC(=O)NCC(=O)N(CC(=O)O)c1ccc([N+](=O)[O-])cc1. The van der Waals surface area contributed by atoms with Crippen LogP contribution >= 0.6 is 0 Å². The molecule has 3 N–H and O–H groups in total. The number of hydrogen-bond acceptors (Lipinski definition) is 7. The minimum atomic E-state index is -1.31. The minimum absolute atomic E-state index is 0.115. The number of anilines is 1. The Labute approximate surface area is 166 Å². The molecule has 158 valence electrons. The number of benzene rings is 1. The van der Waals surface area contributed by atoms with Crippen molar-refractivity contribution in [2.45, 2.75) is 26.4 Å². The maximum Gasteiger partial charge on any atom is 0.408 e. The summed E-state index contributed by atoms with van der Waals surface area (Å²) in [6.07, 6.45) is -0.808. The van der Waals surface area contributed by atoms with Gasteiger partial charge in [-0.1, -0.05) is 0 Å². The molecular formula is C17H22N4O8. The summed E-state index contributed by atoms with van der Waals surface area (Å²) in [6.45, 7) is 3.27. The first kappa shape index (κ1) is 23.3. The summed E-state index contributed by atoms with van der Waals surface area (Å²) in [5.74, 6) is -2.76. The smallest absolute Gasteiger partial charge is 0.408 e. The Morgan fingerprint density at radius 2 is 1.69 bits per heavy atom. The van der Waals surface area contributed by atoms with Crippen LogP contribution in [0.4, 0.5) is 16.2 Å². The molecule has 0 spiro atoms. The third-order valence-corrected chi connectivity index (χ3v) is 3.20. The van der Waals surface area contributed by atoms with Gasteiger partial charge in [-0.15, -0.1) is 0 Å². The van der Waals surface area contributed by atoms with Crippen molar-refractivity contribution in [3.63, 3.8) is 0 Å². The predicted octanol–water partition coefficient (Wildman–Crippen LogP) is 0.653. The molecule has 0 saturated heterocycles. The normalized spacial score (nSPS) is 10.6. The van der Waals surface area contributed by atoms with Crippen LogP contribution < -0.4 is 15.5 Å². The van der Waals surface area contributed by atoms with Gasteiger partial charge in [0, 0.05) is 17.8 Å². The van der Waals surface area contributed by atoms with E-state index in [1.54, 1.807) is 20.8 Å². The molecule has 29 heavy (non-hydrogen) atoms. The number of nitro benzene ring substituents is 1. The number of nitro groups is 1. The minimum Gasteiger partial charge on any atom is -0.480 e. The van der Waals surface area contributed by atoms with Gasteiger partial charge >= 0.3 is 12.1 Å². The van der Waals surface area contributed by atoms with Crippen LogP contribution in [0.1, 0.15) is 20.8 Å². The molecule has 0 aliphatic carbocycles. The van der Waals surface area contributed by atoms with Crippen LogP contribution in [0.2, 0.25) is 0 Å². The van der Waals surface area contributed by atoms with Gasteiger partial charge in [0.2, 0.25) is 11.8 Å². The Morgan fingerprint density at radius 1 is 1.10 bits per heavy atom. The number of carbonyl (C=O) groups excluding carboxylic acids is 3. The second kappa shape index (κ2) is 10.0. The van der Waals surface area contributed by atoms with Crippen LogP contribution in [0.3, 0.4) is 0 Å². The van der Waals surface area contributed by atoms with E-state index in [4.69, 9.17) is 9.84 Å². The number of aliphatic carboxylic acids is 1. The third kappa shape index (κ3) is 8.69. The first-order valence-electron chi connectivity index (χ1n) is 8.39. The Hall–Kier alpha value is -3.70. The molecule has 0 fully saturated rings. The number of carboxylic acid groups (broad SMARTS) is 1. The van der Waals surface area contributed by atoms with Crippen LogP contribution in [0.15, 0.2) is 24.3 Å². The fourth-order valence-electron chi connectivity index (χ4n) is 2.01. The summed E-state index contributed by atoms with van der Waals surface area (Å²) >= 11 is 0. The highest BCUT2D eigenvalue weighted by Crippen LogP contribution is 2.19. The van der Waals surface area contributed by atoms with E-state index < -0.39 is 54.0 Å². The standard InChI is InChI=1S/C17H22N4O8/c1-17(2,3)29-16(26)19-8-13(22)18-9-14(23)20(10-15(24)25)11-4-6-12(7-5-11)21(27)28/h4-7H,8-10H2,1-3H3,(H,18,22)(H,19,26)(H,24,25). The number of carbonyl (C=O) groups is 4. The molecule has 0 radical (unpaired) electrons. The summed E-state index contributed by atoms with van der Waals surface area (Å²) in [4.78, 5) is 57.6. The number of nitrogens with zero attached hydrogens (tertiary/aromatic N) is 2. The largest absolute Gasteiger partial charge is 0.480 e. The Kier molecular flexibility index (Phi) is 8.06. The lowest BCUT2D eigenvalue weighted by Crippen LogP contribution is -2.45. The van der Waals surface area contributed by atoms with E-state index in [0.29, 0.717) is 0 Å². The van der Waals surface area contributed by atoms with Gasteiger partial charge in [-0.25, -0.2) is 4.79 Å². The number of nitrogens with one attached hydrogen (secondary N) is 2. The number of amides is 3. The highest BCUT2D eigenvalue weighted by molar-refractivity contribution is 6.00. The molecule has 0 bridgehead atoms. The second-order valence-corrected chi connectivity index (χ2v) is 6.78. The van der Waals surface area contributed by atoms with Crippen LogP contribution in [0.5, 0.6) is 0 Å². The quantitative estimate of drug-likeness (QED) is 0.414. The highest BCUT2D eigenvalue weighted by Gasteiger charge is 2.21. The summed E-state index contributed by atoms with van der Waals surface area (Å²) in [5.41, 5.74) is -0.847. The predicted molar refractivity (Wildman–Crippen MR) is 100 cm³/mol. The zero-order valence-electron chi connectivity index (χ0n) is 16.1. The van der Waals surface area contributed by atoms with E-state index in [1.807, 2.05) is 0 Å². The molecule has 0 heterocycles. The Balaban J connectivity index is 2.66. The number of ether oxygens (including phenoxy) is 1. The van der Waals surface area contributed by atoms with Crippen LogP contribution in [-0.2, 0) is 19.1 Å². The topological polar surface area (TPSA) is 168 Å². The molecule has 0 aromatic heterocycles. The fourth-order valence-corrected chi connectivity index (χ4v) is 2.01. The van der Waals surface area contributed by atoms with Crippen LogP contribution in [0.25, 0.3) is 0 Å². The molecule has 12 heteroatoms. The molecule has 1 aromatic carbocycles. The summed E-state index contributed by atoms with van der Waals surface area (Å²) in [7, 11) is 0. The number of non-ortho nitro benzene ring substituents is 1. The van der Waals surface area contributed by atoms with Crippen molar-refractivity contribution in [3.8, 4) is 0 Å². The van der Waals surface area contributed by atoms with E-state index in [0.717, 1.165) is 17.0 Å². The van der Waals surface area contributed by atoms with E-state index in [9.17, 15) is 29.3 Å². The molecule has 0 atom stereocenters. The van der Waals surface area contributed by atoms with Crippen molar-refractivity contribution in [3.05, 3.63) is 34.4 Å². The maximum atomic E-state index is 12.3. The van der Waals surface area contributed by atoms with Gasteiger partial charge in [0.25, 0.3) is 5.69 Å². The van der Waals surface area contributed by atoms with Gasteiger partial charge in [0.1, 0.15) is 18.7 Å². The van der Waals surface area contributed by atoms with Gasteiger partial charge in [0.15, 0.2) is 0 Å². The second-order valence-electron chi connectivity index (χ2n) is 6.78. The van der Waals surface area contributed by atoms with Crippen molar-refractivity contribution in [1.29, 1.82) is 0 Å². The third-order valence-electron chi connectivity index (χ3n) is 3.20. The zero-order valence-corrected chi connectivity index (χ0v) is 16.1. The first-order valence-corrected chi connectivity index (χ1v) is 8.39. The van der Waals surface area contributed by atoms with Gasteiger partial charge in [0.05, 0.1) is 11.5 Å². The molecule has 0 unspecified atom stereocenters. The van der Waals surface area contributed by atoms with E-state index in [2.05, 4.69) is 10.6 Å². The van der Waals surface area contributed by atoms with Gasteiger partial charge < -0.3 is 20.5 Å². The molecule has 3 amide bonds. The average Bonchev–Trinajstić information content (AvgIpc) is 2.61. The van der Waals surface area contributed by atoms with Crippen molar-refractivity contribution >= 4 is 35.3 Å². The Morgan fingerprint density at radius 3 is 2.17 bits per heavy atom. The van der Waals surface area contributed by atoms with Crippen LogP contribution in [0, 0.1) is 10.1 Å². The monoisotopic (exact) mass is 410 g/mol. The van der Waals surface area contributed by atoms with Gasteiger partial charge in [-0.05, 0) is 32.9 Å². The molecular weight excluding hydrogens is 388 g/mol. The number of carboxylic acids is 1. The zero-order chi connectivity index (χ0) is 22.2. The van der Waals surface area contributed by atoms with E-state index >= 15 is 0 Å². The van der Waals surface area contributed by atoms with Crippen molar-refractivity contribution in [2.75, 3.05) is 24.5 Å². The molecule has 12 nitrogen and oxygen atoms in total. The van der Waals surface area contributed by atoms with Crippen molar-refractivity contribution in [1.82, 2.24) is 10.6 Å². The summed E-state index contributed by atoms with van der Waals surface area (Å²) in [5, 5.41) is 24.2. The van der Waals surface area contributed by atoms with Crippen molar-refractivity contribution < 1.29 is 33.9 Å². The summed E-state index contributed by atoms with van der Waals surface area (Å²) < 4.78 is 4.96. The molecule has 0 saturated carbocycles. The fraction of sp³-hybridized carbons (Fsp3) is 0.412. The number of hydrogen-bond donors (Lipinski definition) is 3. The van der Waals surface area contributed by atoms with E-state index in [1.165, 1.54) is 12.1 Å². The molecule has 0 aliphatic heterocycles. The molecule has 1 rings (SSSR count). The molecule has 0 aliphatic rings. The van der Waals surface area contributed by atoms with Gasteiger partial charge in [-0.3, -0.25) is 29.4 Å². The summed E-state index contributed by atoms with van der Waals surface area (Å²) in [6, 6.07) is 4.71. The lowest BCUT2D eigenvalue weighted by Gasteiger charge is -2.21. The van der Waals surface area contributed by atoms with E-state index in [-0.39, 0.29) is 11.4 Å². The number of alkyl carbamates (subject to hydrolysis) is 1.